The number of epoxide rings is 1. The number of rotatable bonds is 10. The summed E-state index contributed by atoms with van der Waals surface area (Å²) in [5.41, 5.74) is 2.66. The molecule has 218 valence electrons. The van der Waals surface area contributed by atoms with Crippen molar-refractivity contribution >= 4 is 23.7 Å². The number of nitrogens with zero attached hydrogens (tertiary/aromatic N) is 1. The summed E-state index contributed by atoms with van der Waals surface area (Å²) in [5.74, 6) is -1.06. The van der Waals surface area contributed by atoms with E-state index in [2.05, 4.69) is 10.6 Å². The minimum Gasteiger partial charge on any atom is -0.445 e. The van der Waals surface area contributed by atoms with Crippen LogP contribution in [-0.2, 0) is 49.9 Å². The summed E-state index contributed by atoms with van der Waals surface area (Å²) in [6, 6.07) is 23.7. The normalized spacial score (nSPS) is 20.4. The lowest BCUT2D eigenvalue weighted by Gasteiger charge is -2.38. The highest BCUT2D eigenvalue weighted by molar-refractivity contribution is 5.98. The number of carbonyl (C=O) groups is 4. The van der Waals surface area contributed by atoms with E-state index in [4.69, 9.17) is 9.47 Å². The highest BCUT2D eigenvalue weighted by atomic mass is 16.6. The van der Waals surface area contributed by atoms with Gasteiger partial charge < -0.3 is 25.0 Å². The maximum absolute atomic E-state index is 13.9. The van der Waals surface area contributed by atoms with Gasteiger partial charge in [-0.15, -0.1) is 0 Å². The third-order valence-electron chi connectivity index (χ3n) is 7.77. The van der Waals surface area contributed by atoms with Crippen molar-refractivity contribution in [3.8, 4) is 0 Å². The number of ether oxygens (including phenoxy) is 2. The molecule has 0 spiro atoms. The van der Waals surface area contributed by atoms with Crippen LogP contribution in [0.2, 0.25) is 0 Å². The molecule has 0 radical (unpaired) electrons. The van der Waals surface area contributed by atoms with Gasteiger partial charge in [0.25, 0.3) is 0 Å². The van der Waals surface area contributed by atoms with Gasteiger partial charge in [-0.1, -0.05) is 84.9 Å². The molecule has 2 unspecified atom stereocenters. The molecule has 42 heavy (non-hydrogen) atoms. The van der Waals surface area contributed by atoms with Gasteiger partial charge in [0.1, 0.15) is 24.3 Å². The predicted molar refractivity (Wildman–Crippen MR) is 155 cm³/mol. The fourth-order valence-corrected chi connectivity index (χ4v) is 5.19. The minimum absolute atomic E-state index is 0.0647. The van der Waals surface area contributed by atoms with E-state index < -0.39 is 41.6 Å². The zero-order valence-corrected chi connectivity index (χ0v) is 23.7. The number of amides is 3. The van der Waals surface area contributed by atoms with Crippen molar-refractivity contribution in [2.75, 3.05) is 6.61 Å². The first-order valence-corrected chi connectivity index (χ1v) is 14.1. The van der Waals surface area contributed by atoms with Gasteiger partial charge in [-0.2, -0.15) is 0 Å². The van der Waals surface area contributed by atoms with Crippen LogP contribution in [0.15, 0.2) is 84.9 Å². The van der Waals surface area contributed by atoms with Crippen molar-refractivity contribution in [1.82, 2.24) is 15.5 Å². The van der Waals surface area contributed by atoms with E-state index in [1.807, 2.05) is 84.9 Å². The van der Waals surface area contributed by atoms with Crippen molar-refractivity contribution in [3.63, 3.8) is 0 Å². The second kappa shape index (κ2) is 12.6. The van der Waals surface area contributed by atoms with E-state index in [1.54, 1.807) is 13.8 Å². The monoisotopic (exact) mass is 569 g/mol. The fraction of sp³-hybridized carbons (Fsp3) is 0.333. The molecule has 1 saturated heterocycles. The molecule has 3 aromatic carbocycles. The molecule has 3 amide bonds. The summed E-state index contributed by atoms with van der Waals surface area (Å²) in [4.78, 5) is 54.9. The van der Waals surface area contributed by atoms with Crippen molar-refractivity contribution in [1.29, 1.82) is 0 Å². The van der Waals surface area contributed by atoms with Crippen LogP contribution >= 0.6 is 0 Å². The molecule has 3 aromatic rings. The number of hydrogen-bond acceptors (Lipinski definition) is 6. The largest absolute Gasteiger partial charge is 0.445 e. The van der Waals surface area contributed by atoms with Gasteiger partial charge in [-0.25, -0.2) is 4.79 Å². The SMILES string of the molecule is CC(NC(=O)OCc1ccccc1)C(=O)N1Cc2ccccc2C[C@@H]1C(=O)N[C@@H](Cc1ccccc1)C(=O)C1(C)CO1. The summed E-state index contributed by atoms with van der Waals surface area (Å²) in [7, 11) is 0. The zero-order valence-electron chi connectivity index (χ0n) is 23.7. The lowest BCUT2D eigenvalue weighted by Crippen LogP contribution is -2.59. The Labute approximate surface area is 245 Å². The van der Waals surface area contributed by atoms with E-state index in [9.17, 15) is 19.2 Å². The molecule has 1 fully saturated rings. The Balaban J connectivity index is 1.31. The first-order chi connectivity index (χ1) is 20.2. The van der Waals surface area contributed by atoms with Crippen molar-refractivity contribution in [2.45, 2.75) is 63.6 Å². The zero-order chi connectivity index (χ0) is 29.7. The molecule has 2 aliphatic heterocycles. The van der Waals surface area contributed by atoms with E-state index in [0.29, 0.717) is 13.0 Å². The number of fused-ring (bicyclic) bond motifs is 1. The summed E-state index contributed by atoms with van der Waals surface area (Å²) < 4.78 is 10.7. The van der Waals surface area contributed by atoms with Gasteiger partial charge in [0.2, 0.25) is 11.8 Å². The molecular weight excluding hydrogens is 534 g/mol. The Kier molecular flexibility index (Phi) is 8.68. The van der Waals surface area contributed by atoms with E-state index in [0.717, 1.165) is 22.3 Å². The third-order valence-corrected chi connectivity index (χ3v) is 7.77. The maximum atomic E-state index is 13.9. The predicted octanol–water partition coefficient (Wildman–Crippen LogP) is 3.34. The molecule has 2 N–H and O–H groups in total. The van der Waals surface area contributed by atoms with E-state index in [-0.39, 0.29) is 25.4 Å². The Morgan fingerprint density at radius 1 is 0.905 bits per heavy atom. The van der Waals surface area contributed by atoms with Crippen LogP contribution in [0.3, 0.4) is 0 Å². The molecule has 0 aromatic heterocycles. The fourth-order valence-electron chi connectivity index (χ4n) is 5.19. The Hall–Kier alpha value is -4.50. The molecule has 4 atom stereocenters. The summed E-state index contributed by atoms with van der Waals surface area (Å²) in [5, 5.41) is 5.54. The number of ketones is 1. The van der Waals surface area contributed by atoms with Crippen LogP contribution in [0.1, 0.15) is 36.1 Å². The van der Waals surface area contributed by atoms with Crippen molar-refractivity contribution in [2.24, 2.45) is 0 Å². The second-order valence-electron chi connectivity index (χ2n) is 11.0. The standard InChI is InChI=1S/C33H35N3O6/c1-22(34-32(40)41-20-24-13-7-4-8-14-24)31(39)36-19-26-16-10-9-15-25(26)18-28(36)30(38)35-27(29(37)33(2)21-42-33)17-23-11-5-3-6-12-23/h3-16,22,27-28H,17-21H2,1-2H3,(H,34,40)(H,35,38)/t22?,27-,28+,33?/m0/s1. The lowest BCUT2D eigenvalue weighted by atomic mass is 9.91. The molecule has 0 aliphatic carbocycles. The Morgan fingerprint density at radius 2 is 1.50 bits per heavy atom. The topological polar surface area (TPSA) is 117 Å². The number of nitrogens with one attached hydrogen (secondary N) is 2. The smallest absolute Gasteiger partial charge is 0.408 e. The number of hydrogen-bond donors (Lipinski definition) is 2. The molecule has 2 heterocycles. The number of carbonyl (C=O) groups excluding carboxylic acids is 4. The molecule has 0 bridgehead atoms. The van der Waals surface area contributed by atoms with Gasteiger partial charge in [0, 0.05) is 13.0 Å². The first kappa shape index (κ1) is 29.0. The number of benzene rings is 3. The van der Waals surface area contributed by atoms with E-state index in [1.165, 1.54) is 4.90 Å². The average molecular weight is 570 g/mol. The quantitative estimate of drug-likeness (QED) is 0.362. The van der Waals surface area contributed by atoms with Gasteiger partial charge in [0.05, 0.1) is 12.6 Å². The molecule has 0 saturated carbocycles. The Morgan fingerprint density at radius 3 is 2.14 bits per heavy atom. The van der Waals surface area contributed by atoms with Crippen LogP contribution in [0.5, 0.6) is 0 Å². The Bertz CT molecular complexity index is 1440. The second-order valence-corrected chi connectivity index (χ2v) is 11.0. The molecule has 9 heteroatoms. The highest BCUT2D eigenvalue weighted by Crippen LogP contribution is 2.30. The minimum atomic E-state index is -0.950. The highest BCUT2D eigenvalue weighted by Gasteiger charge is 2.50. The average Bonchev–Trinajstić information content (AvgIpc) is 3.77. The maximum Gasteiger partial charge on any atom is 0.408 e. The van der Waals surface area contributed by atoms with Crippen molar-refractivity contribution in [3.05, 3.63) is 107 Å². The number of alkyl carbamates (subject to hydrolysis) is 1. The van der Waals surface area contributed by atoms with Gasteiger partial charge in [-0.3, -0.25) is 14.4 Å². The van der Waals surface area contributed by atoms with Gasteiger partial charge in [0.15, 0.2) is 5.78 Å². The molecule has 5 rings (SSSR count). The van der Waals surface area contributed by atoms with Crippen LogP contribution in [-0.4, -0.2) is 58.9 Å². The van der Waals surface area contributed by atoms with Crippen LogP contribution in [0.25, 0.3) is 0 Å². The van der Waals surface area contributed by atoms with E-state index >= 15 is 0 Å². The van der Waals surface area contributed by atoms with Gasteiger partial charge in [-0.05, 0) is 42.5 Å². The molecule has 9 nitrogen and oxygen atoms in total. The first-order valence-electron chi connectivity index (χ1n) is 14.1. The van der Waals surface area contributed by atoms with Crippen molar-refractivity contribution < 1.29 is 28.7 Å². The van der Waals surface area contributed by atoms with Crippen LogP contribution in [0, 0.1) is 0 Å². The van der Waals surface area contributed by atoms with Crippen LogP contribution < -0.4 is 10.6 Å². The summed E-state index contributed by atoms with van der Waals surface area (Å²) in [6.45, 7) is 3.84. The summed E-state index contributed by atoms with van der Waals surface area (Å²) >= 11 is 0. The molecular formula is C33H35N3O6. The lowest BCUT2D eigenvalue weighted by molar-refractivity contribution is -0.144. The molecule has 2 aliphatic rings. The van der Waals surface area contributed by atoms with Crippen LogP contribution in [0.4, 0.5) is 4.79 Å². The van der Waals surface area contributed by atoms with Gasteiger partial charge >= 0.3 is 6.09 Å². The third kappa shape index (κ3) is 6.86. The number of Topliss-reactive ketones (excluding diaryl/α,β-unsaturated/α-hetero) is 1. The summed E-state index contributed by atoms with van der Waals surface area (Å²) in [6.07, 6.45) is -0.157.